The van der Waals surface area contributed by atoms with Gasteiger partial charge in [-0.05, 0) is 43.4 Å². The smallest absolute Gasteiger partial charge is 0.416 e. The van der Waals surface area contributed by atoms with Crippen molar-refractivity contribution in [3.63, 3.8) is 0 Å². The van der Waals surface area contributed by atoms with E-state index in [-0.39, 0.29) is 31.4 Å². The van der Waals surface area contributed by atoms with E-state index in [9.17, 15) is 18.0 Å². The van der Waals surface area contributed by atoms with Crippen molar-refractivity contribution >= 4 is 18.1 Å². The van der Waals surface area contributed by atoms with Gasteiger partial charge in [-0.2, -0.15) is 18.3 Å². The predicted octanol–water partition coefficient (Wildman–Crippen LogP) is 4.13. The molecule has 0 aliphatic rings. The summed E-state index contributed by atoms with van der Waals surface area (Å²) in [6.45, 7) is 2.24. The van der Waals surface area contributed by atoms with Gasteiger partial charge in [0.2, 0.25) is 5.91 Å². The van der Waals surface area contributed by atoms with Gasteiger partial charge >= 0.3 is 6.18 Å². The highest BCUT2D eigenvalue weighted by atomic mass is 32.1. The Morgan fingerprint density at radius 2 is 1.83 bits per heavy atom. The van der Waals surface area contributed by atoms with Crippen molar-refractivity contribution < 1.29 is 22.7 Å². The van der Waals surface area contributed by atoms with Crippen LogP contribution < -0.4 is 10.1 Å². The first kappa shape index (κ1) is 21.6. The summed E-state index contributed by atoms with van der Waals surface area (Å²) < 4.78 is 44.9. The highest BCUT2D eigenvalue weighted by molar-refractivity contribution is 7.71. The van der Waals surface area contributed by atoms with Crippen molar-refractivity contribution in [1.82, 2.24) is 20.1 Å². The molecule has 3 rings (SSSR count). The first-order valence-electron chi connectivity index (χ1n) is 9.03. The molecule has 30 heavy (non-hydrogen) atoms. The molecule has 0 fully saturated rings. The summed E-state index contributed by atoms with van der Waals surface area (Å²) in [4.78, 5) is 12.3. The molecule has 3 aromatic rings. The summed E-state index contributed by atoms with van der Waals surface area (Å²) in [5.41, 5.74) is 1.18. The maximum Gasteiger partial charge on any atom is 0.416 e. The minimum Gasteiger partial charge on any atom is -0.492 e. The minimum atomic E-state index is -4.39. The summed E-state index contributed by atoms with van der Waals surface area (Å²) in [5.74, 6) is 0.545. The molecule has 6 nitrogen and oxygen atoms in total. The number of H-pyrrole nitrogens is 1. The van der Waals surface area contributed by atoms with Gasteiger partial charge in [-0.3, -0.25) is 14.5 Å². The van der Waals surface area contributed by atoms with Gasteiger partial charge in [0.1, 0.15) is 18.9 Å². The Balaban J connectivity index is 1.51. The lowest BCUT2D eigenvalue weighted by molar-refractivity contribution is -0.137. The van der Waals surface area contributed by atoms with Crippen molar-refractivity contribution in [2.45, 2.75) is 19.6 Å². The number of hydrogen-bond acceptors (Lipinski definition) is 4. The quantitative estimate of drug-likeness (QED) is 0.432. The number of nitrogens with one attached hydrogen (secondary N) is 2. The van der Waals surface area contributed by atoms with Crippen LogP contribution in [0.1, 0.15) is 11.1 Å². The monoisotopic (exact) mass is 436 g/mol. The van der Waals surface area contributed by atoms with Crippen molar-refractivity contribution in [2.24, 2.45) is 0 Å². The average molecular weight is 436 g/mol. The number of alkyl halides is 3. The lowest BCUT2D eigenvalue weighted by Gasteiger charge is -2.11. The molecule has 0 atom stereocenters. The highest BCUT2D eigenvalue weighted by Crippen LogP contribution is 2.30. The largest absolute Gasteiger partial charge is 0.492 e. The zero-order valence-electron chi connectivity index (χ0n) is 16.0. The van der Waals surface area contributed by atoms with E-state index in [4.69, 9.17) is 17.0 Å². The van der Waals surface area contributed by atoms with Gasteiger partial charge in [0.05, 0.1) is 12.1 Å². The van der Waals surface area contributed by atoms with Crippen LogP contribution in [-0.4, -0.2) is 33.8 Å². The topological polar surface area (TPSA) is 71.9 Å². The molecule has 2 aromatic carbocycles. The fraction of sp³-hybridized carbons (Fsp3) is 0.250. The van der Waals surface area contributed by atoms with Gasteiger partial charge in [0, 0.05) is 5.56 Å². The molecule has 10 heteroatoms. The Bertz CT molecular complexity index is 1060. The molecule has 2 N–H and O–H groups in total. The third-order valence-electron chi connectivity index (χ3n) is 4.24. The van der Waals surface area contributed by atoms with E-state index in [0.717, 1.165) is 23.3 Å². The molecule has 0 aliphatic heterocycles. The van der Waals surface area contributed by atoms with Crippen LogP contribution in [0.2, 0.25) is 0 Å². The van der Waals surface area contributed by atoms with Crippen LogP contribution in [0.25, 0.3) is 11.4 Å². The van der Waals surface area contributed by atoms with Crippen molar-refractivity contribution in [1.29, 1.82) is 0 Å². The lowest BCUT2D eigenvalue weighted by atomic mass is 10.1. The molecular formula is C20H19F3N4O2S. The normalized spacial score (nSPS) is 11.3. The van der Waals surface area contributed by atoms with Crippen LogP contribution in [0.3, 0.4) is 0 Å². The van der Waals surface area contributed by atoms with E-state index in [1.54, 1.807) is 4.57 Å². The van der Waals surface area contributed by atoms with Crippen LogP contribution in [0.15, 0.2) is 48.5 Å². The Morgan fingerprint density at radius 3 is 2.47 bits per heavy atom. The molecule has 158 valence electrons. The van der Waals surface area contributed by atoms with E-state index < -0.39 is 11.7 Å². The fourth-order valence-electron chi connectivity index (χ4n) is 2.69. The molecule has 0 unspecified atom stereocenters. The highest BCUT2D eigenvalue weighted by Gasteiger charge is 2.30. The van der Waals surface area contributed by atoms with Crippen LogP contribution in [0, 0.1) is 11.7 Å². The van der Waals surface area contributed by atoms with E-state index in [0.29, 0.717) is 10.6 Å². The van der Waals surface area contributed by atoms with E-state index in [1.165, 1.54) is 12.1 Å². The molecule has 0 aliphatic carbocycles. The third kappa shape index (κ3) is 5.47. The fourth-order valence-corrected chi connectivity index (χ4v) is 2.88. The van der Waals surface area contributed by atoms with E-state index in [2.05, 4.69) is 15.5 Å². The summed E-state index contributed by atoms with van der Waals surface area (Å²) in [5, 5.41) is 9.57. The number of aromatic nitrogens is 3. The second-order valence-electron chi connectivity index (χ2n) is 6.53. The van der Waals surface area contributed by atoms with Crippen molar-refractivity contribution in [3.8, 4) is 17.1 Å². The Labute approximate surface area is 175 Å². The SMILES string of the molecule is Cc1ccc(-c2n[nH]c(=S)n2CC(=O)NCCOc2ccc(C(F)(F)F)cc2)cc1. The number of benzene rings is 2. The number of aryl methyl sites for hydroxylation is 1. The van der Waals surface area contributed by atoms with Gasteiger partial charge in [-0.25, -0.2) is 0 Å². The summed E-state index contributed by atoms with van der Waals surface area (Å²) in [6, 6.07) is 12.0. The molecule has 0 saturated heterocycles. The molecule has 1 aromatic heterocycles. The van der Waals surface area contributed by atoms with Gasteiger partial charge in [-0.15, -0.1) is 0 Å². The number of ether oxygens (including phenoxy) is 1. The average Bonchev–Trinajstić information content (AvgIpc) is 3.06. The predicted molar refractivity (Wildman–Crippen MR) is 108 cm³/mol. The third-order valence-corrected chi connectivity index (χ3v) is 4.56. The van der Waals surface area contributed by atoms with E-state index >= 15 is 0 Å². The summed E-state index contributed by atoms with van der Waals surface area (Å²) in [6.07, 6.45) is -4.39. The number of rotatable bonds is 7. The molecule has 0 spiro atoms. The Kier molecular flexibility index (Phi) is 6.56. The number of carbonyl (C=O) groups excluding carboxylic acids is 1. The van der Waals surface area contributed by atoms with Gasteiger partial charge in [0.25, 0.3) is 0 Å². The Hall–Kier alpha value is -3.14. The van der Waals surface area contributed by atoms with Gasteiger partial charge in [0.15, 0.2) is 10.6 Å². The van der Waals surface area contributed by atoms with Crippen LogP contribution in [0.5, 0.6) is 5.75 Å². The van der Waals surface area contributed by atoms with Crippen LogP contribution in [-0.2, 0) is 17.5 Å². The number of nitrogens with zero attached hydrogens (tertiary/aromatic N) is 2. The minimum absolute atomic E-state index is 0.0289. The first-order valence-corrected chi connectivity index (χ1v) is 9.44. The van der Waals surface area contributed by atoms with Crippen molar-refractivity contribution in [2.75, 3.05) is 13.2 Å². The van der Waals surface area contributed by atoms with Crippen LogP contribution >= 0.6 is 12.2 Å². The molecule has 0 bridgehead atoms. The number of hydrogen-bond donors (Lipinski definition) is 2. The molecule has 0 radical (unpaired) electrons. The second-order valence-corrected chi connectivity index (χ2v) is 6.91. The zero-order chi connectivity index (χ0) is 21.7. The van der Waals surface area contributed by atoms with Crippen molar-refractivity contribution in [3.05, 3.63) is 64.4 Å². The van der Waals surface area contributed by atoms with E-state index in [1.807, 2.05) is 31.2 Å². The second kappa shape index (κ2) is 9.12. The van der Waals surface area contributed by atoms with Gasteiger partial charge < -0.3 is 10.1 Å². The number of carbonyl (C=O) groups is 1. The molecule has 1 heterocycles. The first-order chi connectivity index (χ1) is 14.2. The number of aromatic amines is 1. The lowest BCUT2D eigenvalue weighted by Crippen LogP contribution is -2.31. The zero-order valence-corrected chi connectivity index (χ0v) is 16.8. The number of halogens is 3. The molecule has 0 saturated carbocycles. The van der Waals surface area contributed by atoms with Gasteiger partial charge in [-0.1, -0.05) is 29.8 Å². The Morgan fingerprint density at radius 1 is 1.17 bits per heavy atom. The maximum absolute atomic E-state index is 12.5. The molecule has 1 amide bonds. The molecular weight excluding hydrogens is 417 g/mol. The number of amides is 1. The summed E-state index contributed by atoms with van der Waals surface area (Å²) in [7, 11) is 0. The maximum atomic E-state index is 12.5. The van der Waals surface area contributed by atoms with Crippen LogP contribution in [0.4, 0.5) is 13.2 Å². The summed E-state index contributed by atoms with van der Waals surface area (Å²) >= 11 is 5.21. The standard InChI is InChI=1S/C20H19F3N4O2S/c1-13-2-4-14(5-3-13)18-25-26-19(30)27(18)12-17(28)24-10-11-29-16-8-6-15(7-9-16)20(21,22)23/h2-9H,10-12H2,1H3,(H,24,28)(H,26,30).